The number of rotatable bonds is 13. The fraction of sp³-hybridized carbons (Fsp3) is 0.722. The predicted octanol–water partition coefficient (Wildman–Crippen LogP) is -3.46. The predicted molar refractivity (Wildman–Crippen MR) is 108 cm³/mol. The molecular formula is C18H33N5O8. The molecule has 0 heterocycles. The summed E-state index contributed by atoms with van der Waals surface area (Å²) in [7, 11) is 0. The number of carbonyl (C=O) groups is 5. The van der Waals surface area contributed by atoms with Crippen LogP contribution in [0.15, 0.2) is 0 Å². The Morgan fingerprint density at radius 1 is 0.806 bits per heavy atom. The molecule has 0 rings (SSSR count). The van der Waals surface area contributed by atoms with Gasteiger partial charge in [0.2, 0.25) is 23.6 Å². The summed E-state index contributed by atoms with van der Waals surface area (Å²) in [4.78, 5) is 59.5. The minimum atomic E-state index is -1.60. The zero-order chi connectivity index (χ0) is 24.5. The summed E-state index contributed by atoms with van der Waals surface area (Å²) in [5.74, 6) is -5.47. The van der Waals surface area contributed by atoms with Crippen LogP contribution in [0.1, 0.15) is 40.5 Å². The molecule has 0 radical (unpaired) electrons. The van der Waals surface area contributed by atoms with Gasteiger partial charge in [0.25, 0.3) is 0 Å². The van der Waals surface area contributed by atoms with Crippen LogP contribution in [0.2, 0.25) is 0 Å². The highest BCUT2D eigenvalue weighted by atomic mass is 16.4. The molecule has 0 saturated carbocycles. The molecule has 0 aromatic carbocycles. The normalized spacial score (nSPS) is 17.8. The number of primary amides is 1. The summed E-state index contributed by atoms with van der Waals surface area (Å²) in [5, 5.41) is 35.4. The molecule has 178 valence electrons. The van der Waals surface area contributed by atoms with E-state index in [1.54, 1.807) is 13.8 Å². The van der Waals surface area contributed by atoms with Gasteiger partial charge >= 0.3 is 5.97 Å². The number of amides is 4. The van der Waals surface area contributed by atoms with Gasteiger partial charge in [0.1, 0.15) is 12.1 Å². The molecule has 0 aliphatic rings. The number of hydrogen-bond donors (Lipinski definition) is 8. The van der Waals surface area contributed by atoms with E-state index in [0.29, 0.717) is 6.42 Å². The summed E-state index contributed by atoms with van der Waals surface area (Å²) in [6.07, 6.45) is -2.85. The molecule has 4 amide bonds. The quantitative estimate of drug-likeness (QED) is 0.140. The number of carboxylic acids is 1. The maximum absolute atomic E-state index is 12.7. The number of hydrogen-bond acceptors (Lipinski definition) is 8. The first-order valence-electron chi connectivity index (χ1n) is 9.76. The second-order valence-corrected chi connectivity index (χ2v) is 7.44. The smallest absolute Gasteiger partial charge is 0.328 e. The van der Waals surface area contributed by atoms with Crippen molar-refractivity contribution in [1.29, 1.82) is 0 Å². The van der Waals surface area contributed by atoms with Gasteiger partial charge in [-0.3, -0.25) is 19.2 Å². The Morgan fingerprint density at radius 3 is 1.61 bits per heavy atom. The van der Waals surface area contributed by atoms with Crippen molar-refractivity contribution in [2.75, 3.05) is 0 Å². The van der Waals surface area contributed by atoms with Crippen molar-refractivity contribution >= 4 is 29.6 Å². The van der Waals surface area contributed by atoms with Crippen LogP contribution in [0.3, 0.4) is 0 Å². The Bertz CT molecular complexity index is 669. The lowest BCUT2D eigenvalue weighted by Crippen LogP contribution is -2.61. The first kappa shape index (κ1) is 28.2. The molecule has 31 heavy (non-hydrogen) atoms. The lowest BCUT2D eigenvalue weighted by atomic mass is 9.97. The minimum Gasteiger partial charge on any atom is -0.480 e. The number of aliphatic hydroxyl groups excluding tert-OH is 2. The minimum absolute atomic E-state index is 0.417. The zero-order valence-electron chi connectivity index (χ0n) is 18.0. The number of aliphatic hydroxyl groups is 2. The monoisotopic (exact) mass is 447 g/mol. The molecule has 7 unspecified atom stereocenters. The Kier molecular flexibility index (Phi) is 11.7. The van der Waals surface area contributed by atoms with E-state index in [1.807, 2.05) is 0 Å². The van der Waals surface area contributed by atoms with Crippen molar-refractivity contribution in [1.82, 2.24) is 16.0 Å². The Balaban J connectivity index is 5.49. The zero-order valence-corrected chi connectivity index (χ0v) is 18.0. The third-order valence-electron chi connectivity index (χ3n) is 4.66. The van der Waals surface area contributed by atoms with Crippen molar-refractivity contribution in [3.05, 3.63) is 0 Å². The van der Waals surface area contributed by atoms with Gasteiger partial charge in [0.05, 0.1) is 24.7 Å². The van der Waals surface area contributed by atoms with E-state index in [2.05, 4.69) is 16.0 Å². The van der Waals surface area contributed by atoms with Gasteiger partial charge in [0.15, 0.2) is 6.04 Å². The average Bonchev–Trinajstić information content (AvgIpc) is 2.65. The van der Waals surface area contributed by atoms with Gasteiger partial charge in [-0.05, 0) is 19.8 Å². The topological polar surface area (TPSA) is 234 Å². The number of aliphatic carboxylic acids is 1. The van der Waals surface area contributed by atoms with Crippen molar-refractivity contribution in [3.63, 3.8) is 0 Å². The van der Waals surface area contributed by atoms with Gasteiger partial charge in [-0.1, -0.05) is 20.3 Å². The third kappa shape index (κ3) is 9.27. The highest BCUT2D eigenvalue weighted by molar-refractivity contribution is 5.95. The molecule has 0 bridgehead atoms. The molecular weight excluding hydrogens is 414 g/mol. The maximum atomic E-state index is 12.7. The van der Waals surface area contributed by atoms with E-state index in [9.17, 15) is 34.2 Å². The van der Waals surface area contributed by atoms with Crippen molar-refractivity contribution in [2.45, 2.75) is 76.9 Å². The fourth-order valence-electron chi connectivity index (χ4n) is 2.55. The van der Waals surface area contributed by atoms with E-state index >= 15 is 0 Å². The molecule has 7 atom stereocenters. The number of nitrogens with two attached hydrogens (primary N) is 2. The molecule has 13 heteroatoms. The summed E-state index contributed by atoms with van der Waals surface area (Å²) in [6.45, 7) is 5.76. The number of carbonyl (C=O) groups excluding carboxylic acids is 4. The van der Waals surface area contributed by atoms with Gasteiger partial charge in [-0.2, -0.15) is 0 Å². The van der Waals surface area contributed by atoms with Gasteiger partial charge in [0, 0.05) is 0 Å². The van der Waals surface area contributed by atoms with E-state index in [0.717, 1.165) is 0 Å². The van der Waals surface area contributed by atoms with Crippen LogP contribution in [0, 0.1) is 5.92 Å². The van der Waals surface area contributed by atoms with E-state index in [1.165, 1.54) is 13.8 Å². The summed E-state index contributed by atoms with van der Waals surface area (Å²) < 4.78 is 0. The van der Waals surface area contributed by atoms with Crippen molar-refractivity contribution < 1.29 is 39.3 Å². The second kappa shape index (κ2) is 12.8. The standard InChI is InChI=1S/C18H33N5O8/c1-5-7(2)12(16(28)23-14(9(4)25)18(30)31)21-17(29)13(8(3)24)22-15(27)10(19)6-11(20)26/h7-10,12-14,24-25H,5-6,19H2,1-4H3,(H2,20,26)(H,21,29)(H,22,27)(H,23,28)(H,30,31). The Hall–Kier alpha value is -2.77. The van der Waals surface area contributed by atoms with Crippen molar-refractivity contribution in [2.24, 2.45) is 17.4 Å². The number of carboxylic acid groups (broad SMARTS) is 1. The molecule has 10 N–H and O–H groups in total. The molecule has 13 nitrogen and oxygen atoms in total. The van der Waals surface area contributed by atoms with Crippen LogP contribution in [-0.4, -0.2) is 81.3 Å². The van der Waals surface area contributed by atoms with Gasteiger partial charge in [-0.15, -0.1) is 0 Å². The SMILES string of the molecule is CCC(C)C(NC(=O)C(NC(=O)C(N)CC(N)=O)C(C)O)C(=O)NC(C(=O)O)C(C)O. The molecule has 0 aliphatic heterocycles. The average molecular weight is 447 g/mol. The van der Waals surface area contributed by atoms with E-state index in [4.69, 9.17) is 16.6 Å². The van der Waals surface area contributed by atoms with Crippen LogP contribution in [0.4, 0.5) is 0 Å². The molecule has 0 fully saturated rings. The highest BCUT2D eigenvalue weighted by Crippen LogP contribution is 2.10. The molecule has 0 spiro atoms. The van der Waals surface area contributed by atoms with Gasteiger partial charge < -0.3 is 42.7 Å². The first-order valence-corrected chi connectivity index (χ1v) is 9.76. The van der Waals surface area contributed by atoms with Crippen LogP contribution < -0.4 is 27.4 Å². The second-order valence-electron chi connectivity index (χ2n) is 7.44. The molecule has 0 aliphatic carbocycles. The fourth-order valence-corrected chi connectivity index (χ4v) is 2.55. The lowest BCUT2D eigenvalue weighted by Gasteiger charge is -2.29. The largest absolute Gasteiger partial charge is 0.480 e. The van der Waals surface area contributed by atoms with Crippen LogP contribution >= 0.6 is 0 Å². The van der Waals surface area contributed by atoms with E-state index < -0.39 is 78.3 Å². The molecule has 0 aromatic rings. The first-order chi connectivity index (χ1) is 14.2. The summed E-state index contributed by atoms with van der Waals surface area (Å²) in [6, 6.07) is -5.69. The van der Waals surface area contributed by atoms with Crippen LogP contribution in [0.5, 0.6) is 0 Å². The maximum Gasteiger partial charge on any atom is 0.328 e. The lowest BCUT2D eigenvalue weighted by molar-refractivity contribution is -0.145. The summed E-state index contributed by atoms with van der Waals surface area (Å²) in [5.41, 5.74) is 10.5. The Labute approximate surface area is 179 Å². The van der Waals surface area contributed by atoms with E-state index in [-0.39, 0.29) is 0 Å². The van der Waals surface area contributed by atoms with Gasteiger partial charge in [-0.25, -0.2) is 4.79 Å². The molecule has 0 aromatic heterocycles. The molecule has 0 saturated heterocycles. The summed E-state index contributed by atoms with van der Waals surface area (Å²) >= 11 is 0. The highest BCUT2D eigenvalue weighted by Gasteiger charge is 2.35. The third-order valence-corrected chi connectivity index (χ3v) is 4.66. The van der Waals surface area contributed by atoms with Crippen LogP contribution in [0.25, 0.3) is 0 Å². The Morgan fingerprint density at radius 2 is 1.23 bits per heavy atom. The van der Waals surface area contributed by atoms with Crippen LogP contribution in [-0.2, 0) is 24.0 Å². The van der Waals surface area contributed by atoms with Crippen molar-refractivity contribution in [3.8, 4) is 0 Å². The number of nitrogens with one attached hydrogen (secondary N) is 3.